The van der Waals surface area contributed by atoms with Crippen molar-refractivity contribution in [3.8, 4) is 22.4 Å². The molecule has 0 unspecified atom stereocenters. The monoisotopic (exact) mass is 424 g/mol. The summed E-state index contributed by atoms with van der Waals surface area (Å²) in [6.07, 6.45) is 5.00. The molecule has 7 nitrogen and oxygen atoms in total. The molecule has 8 heteroatoms. The molecule has 156 valence electrons. The number of nitrogens with two attached hydrogens (primary N) is 1. The van der Waals surface area contributed by atoms with Gasteiger partial charge >= 0.3 is 0 Å². The van der Waals surface area contributed by atoms with Gasteiger partial charge in [-0.05, 0) is 60.2 Å². The van der Waals surface area contributed by atoms with E-state index in [1.165, 1.54) is 16.9 Å². The van der Waals surface area contributed by atoms with Crippen LogP contribution in [0, 0.1) is 5.82 Å². The zero-order valence-corrected chi connectivity index (χ0v) is 16.7. The van der Waals surface area contributed by atoms with Crippen LogP contribution in [-0.4, -0.2) is 25.8 Å². The van der Waals surface area contributed by atoms with Crippen molar-refractivity contribution in [2.45, 2.75) is 0 Å². The number of pyridine rings is 2. The predicted octanol–water partition coefficient (Wildman–Crippen LogP) is 4.27. The van der Waals surface area contributed by atoms with Crippen molar-refractivity contribution in [2.24, 2.45) is 0 Å². The number of aromatic nitrogens is 4. The fourth-order valence-corrected chi connectivity index (χ4v) is 3.47. The van der Waals surface area contributed by atoms with Crippen molar-refractivity contribution in [1.29, 1.82) is 0 Å². The van der Waals surface area contributed by atoms with Gasteiger partial charge in [-0.3, -0.25) is 14.8 Å². The van der Waals surface area contributed by atoms with Crippen LogP contribution in [0.15, 0.2) is 85.3 Å². The first-order valence-electron chi connectivity index (χ1n) is 9.80. The number of benzene rings is 2. The van der Waals surface area contributed by atoms with Gasteiger partial charge in [0.2, 0.25) is 0 Å². The second-order valence-electron chi connectivity index (χ2n) is 7.16. The van der Waals surface area contributed by atoms with Crippen molar-refractivity contribution in [3.05, 3.63) is 96.8 Å². The molecule has 0 radical (unpaired) electrons. The van der Waals surface area contributed by atoms with E-state index in [0.29, 0.717) is 22.3 Å². The Labute approximate surface area is 182 Å². The number of carbonyl (C=O) groups is 1. The highest BCUT2D eigenvalue weighted by atomic mass is 19.1. The summed E-state index contributed by atoms with van der Waals surface area (Å²) in [6.45, 7) is 0. The lowest BCUT2D eigenvalue weighted by atomic mass is 10.0. The standard InChI is InChI=1S/C24H17FN6O/c25-18-6-3-15(4-7-18)21-9-8-19(14-28-21)29-24(32)23-20-12-16(17-2-1-11-27-13-17)5-10-22(20)31(26)30-23/h1-14H,26H2,(H,29,32). The van der Waals surface area contributed by atoms with Gasteiger partial charge in [0.05, 0.1) is 23.1 Å². The Hall–Kier alpha value is -4.59. The molecule has 3 heterocycles. The molecule has 0 fully saturated rings. The number of amides is 1. The lowest BCUT2D eigenvalue weighted by molar-refractivity contribution is 0.102. The molecule has 3 aromatic heterocycles. The van der Waals surface area contributed by atoms with E-state index < -0.39 is 5.91 Å². The lowest BCUT2D eigenvalue weighted by Crippen LogP contribution is -2.15. The Morgan fingerprint density at radius 3 is 2.47 bits per heavy atom. The number of nitrogens with one attached hydrogen (secondary N) is 1. The Bertz CT molecular complexity index is 1410. The highest BCUT2D eigenvalue weighted by Gasteiger charge is 2.18. The van der Waals surface area contributed by atoms with Crippen molar-refractivity contribution in [1.82, 2.24) is 19.9 Å². The largest absolute Gasteiger partial charge is 0.323 e. The number of hydrogen-bond acceptors (Lipinski definition) is 5. The molecule has 0 aliphatic heterocycles. The molecule has 3 N–H and O–H groups in total. The molecule has 2 aromatic carbocycles. The molecule has 0 spiro atoms. The van der Waals surface area contributed by atoms with Gasteiger partial charge in [0.15, 0.2) is 5.69 Å². The van der Waals surface area contributed by atoms with Gasteiger partial charge in [-0.25, -0.2) is 4.39 Å². The summed E-state index contributed by atoms with van der Waals surface area (Å²) in [5, 5.41) is 7.64. The van der Waals surface area contributed by atoms with E-state index in [9.17, 15) is 9.18 Å². The minimum absolute atomic E-state index is 0.204. The highest BCUT2D eigenvalue weighted by molar-refractivity contribution is 6.11. The smallest absolute Gasteiger partial charge is 0.276 e. The van der Waals surface area contributed by atoms with Gasteiger partial charge in [0.25, 0.3) is 5.91 Å². The molecule has 0 atom stereocenters. The van der Waals surface area contributed by atoms with Crippen LogP contribution in [0.3, 0.4) is 0 Å². The summed E-state index contributed by atoms with van der Waals surface area (Å²) in [5.74, 6) is 5.25. The maximum absolute atomic E-state index is 13.1. The van der Waals surface area contributed by atoms with Crippen molar-refractivity contribution >= 4 is 22.5 Å². The summed E-state index contributed by atoms with van der Waals surface area (Å²) >= 11 is 0. The van der Waals surface area contributed by atoms with E-state index in [2.05, 4.69) is 20.4 Å². The van der Waals surface area contributed by atoms with Gasteiger partial charge in [0.1, 0.15) is 5.82 Å². The molecular formula is C24H17FN6O. The average molecular weight is 424 g/mol. The van der Waals surface area contributed by atoms with Gasteiger partial charge < -0.3 is 11.2 Å². The quantitative estimate of drug-likeness (QED) is 0.420. The molecule has 0 saturated carbocycles. The first-order chi connectivity index (χ1) is 15.6. The highest BCUT2D eigenvalue weighted by Crippen LogP contribution is 2.26. The van der Waals surface area contributed by atoms with Crippen molar-refractivity contribution < 1.29 is 9.18 Å². The maximum atomic E-state index is 13.1. The summed E-state index contributed by atoms with van der Waals surface area (Å²) in [6, 6.07) is 18.9. The van der Waals surface area contributed by atoms with Gasteiger partial charge in [-0.1, -0.05) is 12.1 Å². The molecular weight excluding hydrogens is 407 g/mol. The van der Waals surface area contributed by atoms with Crippen LogP contribution in [0.4, 0.5) is 10.1 Å². The van der Waals surface area contributed by atoms with Crippen molar-refractivity contribution in [3.63, 3.8) is 0 Å². The summed E-state index contributed by atoms with van der Waals surface area (Å²) in [4.78, 5) is 22.6. The summed E-state index contributed by atoms with van der Waals surface area (Å²) in [7, 11) is 0. The lowest BCUT2D eigenvalue weighted by Gasteiger charge is -2.06. The van der Waals surface area contributed by atoms with E-state index in [1.54, 1.807) is 42.9 Å². The van der Waals surface area contributed by atoms with Gasteiger partial charge in [-0.2, -0.15) is 4.79 Å². The zero-order chi connectivity index (χ0) is 22.1. The van der Waals surface area contributed by atoms with E-state index in [0.717, 1.165) is 16.7 Å². The molecule has 0 saturated heterocycles. The van der Waals surface area contributed by atoms with E-state index in [4.69, 9.17) is 5.84 Å². The van der Waals surface area contributed by atoms with Gasteiger partial charge in [0, 0.05) is 28.9 Å². The molecule has 0 aliphatic carbocycles. The van der Waals surface area contributed by atoms with Crippen LogP contribution < -0.4 is 11.2 Å². The number of carbonyl (C=O) groups excluding carboxylic acids is 1. The van der Waals surface area contributed by atoms with Crippen LogP contribution in [0.5, 0.6) is 0 Å². The Balaban J connectivity index is 1.42. The second-order valence-corrected chi connectivity index (χ2v) is 7.16. The minimum atomic E-state index is -0.404. The van der Waals surface area contributed by atoms with Crippen LogP contribution in [-0.2, 0) is 0 Å². The number of rotatable bonds is 4. The SMILES string of the molecule is Nn1nc(C(=O)Nc2ccc(-c3ccc(F)cc3)nc2)c2cc(-c3cccnc3)ccc21. The zero-order valence-electron chi connectivity index (χ0n) is 16.7. The first kappa shape index (κ1) is 19.4. The van der Waals surface area contributed by atoms with Crippen molar-refractivity contribution in [2.75, 3.05) is 11.2 Å². The van der Waals surface area contributed by atoms with E-state index >= 15 is 0 Å². The molecule has 5 rings (SSSR count). The van der Waals surface area contributed by atoms with Crippen LogP contribution in [0.1, 0.15) is 10.5 Å². The summed E-state index contributed by atoms with van der Waals surface area (Å²) in [5.41, 5.74) is 4.61. The predicted molar refractivity (Wildman–Crippen MR) is 121 cm³/mol. The number of nitrogen functional groups attached to an aromatic ring is 1. The first-order valence-corrected chi connectivity index (χ1v) is 9.80. The molecule has 0 bridgehead atoms. The number of fused-ring (bicyclic) bond motifs is 1. The van der Waals surface area contributed by atoms with Crippen LogP contribution >= 0.6 is 0 Å². The number of nitrogens with zero attached hydrogens (tertiary/aromatic N) is 4. The maximum Gasteiger partial charge on any atom is 0.276 e. The topological polar surface area (TPSA) is 98.7 Å². The molecule has 1 amide bonds. The number of halogens is 1. The Morgan fingerprint density at radius 2 is 1.75 bits per heavy atom. The van der Waals surface area contributed by atoms with Crippen LogP contribution in [0.25, 0.3) is 33.3 Å². The molecule has 32 heavy (non-hydrogen) atoms. The van der Waals surface area contributed by atoms with E-state index in [1.807, 2.05) is 30.3 Å². The number of hydrogen-bond donors (Lipinski definition) is 2. The minimum Gasteiger partial charge on any atom is -0.323 e. The molecule has 0 aliphatic rings. The van der Waals surface area contributed by atoms with Crippen LogP contribution in [0.2, 0.25) is 0 Å². The second kappa shape index (κ2) is 7.92. The van der Waals surface area contributed by atoms with E-state index in [-0.39, 0.29) is 11.5 Å². The third kappa shape index (κ3) is 3.65. The molecule has 5 aromatic rings. The third-order valence-electron chi connectivity index (χ3n) is 5.08. The fourth-order valence-electron chi connectivity index (χ4n) is 3.47. The third-order valence-corrected chi connectivity index (χ3v) is 5.08. The Morgan fingerprint density at radius 1 is 0.938 bits per heavy atom. The average Bonchev–Trinajstić information content (AvgIpc) is 3.17. The van der Waals surface area contributed by atoms with Gasteiger partial charge in [-0.15, -0.1) is 5.10 Å². The fraction of sp³-hybridized carbons (Fsp3) is 0. The Kier molecular flexibility index (Phi) is 4.79. The summed E-state index contributed by atoms with van der Waals surface area (Å²) < 4.78 is 13.1. The normalized spacial score (nSPS) is 10.9. The number of anilines is 1.